The molecule has 0 aliphatic carbocycles. The summed E-state index contributed by atoms with van der Waals surface area (Å²) in [5.74, 6) is -2.26. The fraction of sp³-hybridized carbons (Fsp3) is 0.323. The average molecular weight is 596 g/mol. The zero-order valence-corrected chi connectivity index (χ0v) is 24.0. The van der Waals surface area contributed by atoms with E-state index in [2.05, 4.69) is 24.1 Å². The van der Waals surface area contributed by atoms with Crippen LogP contribution in [0.1, 0.15) is 59.7 Å². The molecule has 6 rings (SSSR count). The Bertz CT molecular complexity index is 1630. The van der Waals surface area contributed by atoms with Crippen molar-refractivity contribution in [3.8, 4) is 0 Å². The fourth-order valence-corrected chi connectivity index (χ4v) is 7.20. The number of carbonyl (C=O) groups excluding carboxylic acids is 1. The Hall–Kier alpha value is -3.46. The second kappa shape index (κ2) is 10.1. The quantitative estimate of drug-likeness (QED) is 0.289. The van der Waals surface area contributed by atoms with Crippen LogP contribution in [0.5, 0.6) is 0 Å². The summed E-state index contributed by atoms with van der Waals surface area (Å²) < 4.78 is 15.9. The van der Waals surface area contributed by atoms with Crippen molar-refractivity contribution in [3.63, 3.8) is 0 Å². The number of carbonyl (C=O) groups is 2. The number of fused-ring (bicyclic) bond motifs is 3. The number of nitrogens with one attached hydrogen (secondary N) is 1. The number of rotatable bonds is 6. The van der Waals surface area contributed by atoms with Gasteiger partial charge in [-0.15, -0.1) is 0 Å². The summed E-state index contributed by atoms with van der Waals surface area (Å²) in [4.78, 5) is 33.1. The lowest BCUT2D eigenvalue weighted by molar-refractivity contribution is -0.128. The standard InChI is InChI=1S/C31H29Cl2FN4O3/c1-15(2)10-11-38-25-14-23(18-8-6-16(29(39)40)12-22(18)35)36-28(25)26(19-4-3-5-21(33)27(19)34)31(38)20-9-7-17(32)13-24(20)37-30(31)41/h3-9,12-13,15,25-26,28H,10-11,14,35H2,1-2H3,(H,37,41)(H,39,40)/t25-,26-,28+,31+/m0/s1. The number of carboxylic acid groups (broad SMARTS) is 1. The van der Waals surface area contributed by atoms with Gasteiger partial charge in [-0.05, 0) is 48.2 Å². The monoisotopic (exact) mass is 594 g/mol. The van der Waals surface area contributed by atoms with Gasteiger partial charge in [0.1, 0.15) is 11.4 Å². The van der Waals surface area contributed by atoms with Gasteiger partial charge in [0.2, 0.25) is 5.91 Å². The van der Waals surface area contributed by atoms with Gasteiger partial charge in [-0.25, -0.2) is 9.18 Å². The van der Waals surface area contributed by atoms with Crippen LogP contribution < -0.4 is 11.1 Å². The number of nitrogen functional groups attached to an aromatic ring is 1. The van der Waals surface area contributed by atoms with Crippen LogP contribution in [0.25, 0.3) is 0 Å². The highest BCUT2D eigenvalue weighted by molar-refractivity contribution is 6.31. The molecule has 3 aliphatic rings. The van der Waals surface area contributed by atoms with Gasteiger partial charge in [0.15, 0.2) is 0 Å². The van der Waals surface area contributed by atoms with Gasteiger partial charge >= 0.3 is 5.97 Å². The molecule has 4 N–H and O–H groups in total. The van der Waals surface area contributed by atoms with E-state index in [1.54, 1.807) is 30.3 Å². The first-order valence-electron chi connectivity index (χ1n) is 13.6. The number of anilines is 2. The highest BCUT2D eigenvalue weighted by Crippen LogP contribution is 2.60. The predicted molar refractivity (Wildman–Crippen MR) is 159 cm³/mol. The van der Waals surface area contributed by atoms with Crippen molar-refractivity contribution in [2.75, 3.05) is 17.6 Å². The van der Waals surface area contributed by atoms with Crippen molar-refractivity contribution in [3.05, 3.63) is 92.7 Å². The molecule has 0 saturated carbocycles. The molecule has 1 spiro atoms. The Morgan fingerprint density at radius 2 is 2.00 bits per heavy atom. The average Bonchev–Trinajstić information content (AvgIpc) is 3.53. The van der Waals surface area contributed by atoms with Crippen LogP contribution >= 0.6 is 23.2 Å². The largest absolute Gasteiger partial charge is 0.478 e. The molecule has 1 amide bonds. The van der Waals surface area contributed by atoms with Gasteiger partial charge in [0.05, 0.1) is 16.6 Å². The fourth-order valence-electron chi connectivity index (χ4n) is 6.85. The van der Waals surface area contributed by atoms with E-state index in [-0.39, 0.29) is 22.5 Å². The summed E-state index contributed by atoms with van der Waals surface area (Å²) >= 11 is 12.6. The summed E-state index contributed by atoms with van der Waals surface area (Å²) in [6, 6.07) is 14.0. The Balaban J connectivity index is 1.58. The SMILES string of the molecule is CC(C)CCN1[C@H]2CC(c3ccc(C(=O)O)cc3N)=N[C@H]2[C@H](c2cccc(Cl)c2F)[C@]12C(=O)Nc1cc(Cl)ccc12. The molecule has 4 atom stereocenters. The molecular weight excluding hydrogens is 566 g/mol. The maximum absolute atomic E-state index is 15.9. The number of carboxylic acids is 1. The first kappa shape index (κ1) is 27.7. The Morgan fingerprint density at radius 3 is 2.71 bits per heavy atom. The molecule has 3 aromatic carbocycles. The van der Waals surface area contributed by atoms with Gasteiger partial charge in [0, 0.05) is 58.2 Å². The molecular formula is C31H29Cl2FN4O3. The van der Waals surface area contributed by atoms with Crippen LogP contribution in [0.3, 0.4) is 0 Å². The first-order valence-corrected chi connectivity index (χ1v) is 14.3. The molecule has 10 heteroatoms. The maximum atomic E-state index is 15.9. The van der Waals surface area contributed by atoms with Gasteiger partial charge in [0.25, 0.3) is 0 Å². The van der Waals surface area contributed by atoms with Crippen LogP contribution in [0.15, 0.2) is 59.6 Å². The zero-order chi connectivity index (χ0) is 29.2. The predicted octanol–water partition coefficient (Wildman–Crippen LogP) is 6.34. The summed E-state index contributed by atoms with van der Waals surface area (Å²) in [5, 5.41) is 12.9. The zero-order valence-electron chi connectivity index (χ0n) is 22.5. The number of hydrogen-bond donors (Lipinski definition) is 3. The van der Waals surface area contributed by atoms with E-state index in [1.165, 1.54) is 18.2 Å². The third-order valence-electron chi connectivity index (χ3n) is 8.61. The van der Waals surface area contributed by atoms with Crippen molar-refractivity contribution in [1.29, 1.82) is 0 Å². The lowest BCUT2D eigenvalue weighted by atomic mass is 9.73. The van der Waals surface area contributed by atoms with Crippen molar-refractivity contribution < 1.29 is 19.1 Å². The maximum Gasteiger partial charge on any atom is 0.335 e. The van der Waals surface area contributed by atoms with Gasteiger partial charge in [-0.3, -0.25) is 14.7 Å². The van der Waals surface area contributed by atoms with Crippen LogP contribution in [0.2, 0.25) is 10.0 Å². The highest BCUT2D eigenvalue weighted by atomic mass is 35.5. The minimum Gasteiger partial charge on any atom is -0.478 e. The number of aromatic carboxylic acids is 1. The molecule has 3 aromatic rings. The van der Waals surface area contributed by atoms with E-state index >= 15 is 4.39 Å². The Morgan fingerprint density at radius 1 is 1.22 bits per heavy atom. The molecule has 7 nitrogen and oxygen atoms in total. The van der Waals surface area contributed by atoms with E-state index in [0.717, 1.165) is 12.0 Å². The molecule has 0 bridgehead atoms. The Kier molecular flexibility index (Phi) is 6.83. The number of likely N-dealkylation sites (tertiary alicyclic amines) is 1. The number of benzene rings is 3. The molecule has 1 fully saturated rings. The molecule has 3 aliphatic heterocycles. The summed E-state index contributed by atoms with van der Waals surface area (Å²) in [6.45, 7) is 4.82. The van der Waals surface area contributed by atoms with Crippen molar-refractivity contribution >= 4 is 52.2 Å². The summed E-state index contributed by atoms with van der Waals surface area (Å²) in [7, 11) is 0. The van der Waals surface area contributed by atoms with Crippen LogP contribution in [-0.4, -0.2) is 46.2 Å². The normalized spacial score (nSPS) is 25.0. The first-order chi connectivity index (χ1) is 19.5. The topological polar surface area (TPSA) is 108 Å². The van der Waals surface area contributed by atoms with Crippen molar-refractivity contribution in [2.45, 2.75) is 50.2 Å². The molecule has 1 saturated heterocycles. The van der Waals surface area contributed by atoms with Crippen molar-refractivity contribution in [2.24, 2.45) is 10.9 Å². The third kappa shape index (κ3) is 4.23. The van der Waals surface area contributed by atoms with Crippen molar-refractivity contribution in [1.82, 2.24) is 4.90 Å². The van der Waals surface area contributed by atoms with Crippen LogP contribution in [0, 0.1) is 11.7 Å². The number of hydrogen-bond acceptors (Lipinski definition) is 5. The number of nitrogens with zero attached hydrogens (tertiary/aromatic N) is 2. The minimum absolute atomic E-state index is 0.0275. The second-order valence-corrected chi connectivity index (χ2v) is 12.2. The molecule has 212 valence electrons. The van der Waals surface area contributed by atoms with E-state index in [1.807, 2.05) is 6.07 Å². The third-order valence-corrected chi connectivity index (χ3v) is 9.13. The van der Waals surface area contributed by atoms with Gasteiger partial charge < -0.3 is 16.2 Å². The molecule has 41 heavy (non-hydrogen) atoms. The number of amides is 1. The number of halogens is 3. The van der Waals surface area contributed by atoms with E-state index in [0.29, 0.717) is 52.1 Å². The van der Waals surface area contributed by atoms with E-state index in [4.69, 9.17) is 33.9 Å². The van der Waals surface area contributed by atoms with Gasteiger partial charge in [-0.2, -0.15) is 0 Å². The second-order valence-electron chi connectivity index (χ2n) is 11.4. The van der Waals surface area contributed by atoms with E-state index < -0.39 is 29.3 Å². The lowest BCUT2D eigenvalue weighted by Gasteiger charge is -2.40. The van der Waals surface area contributed by atoms with Crippen LogP contribution in [0.4, 0.5) is 15.8 Å². The Labute approximate surface area is 247 Å². The molecule has 0 unspecified atom stereocenters. The smallest absolute Gasteiger partial charge is 0.335 e. The molecule has 0 radical (unpaired) electrons. The molecule has 3 heterocycles. The van der Waals surface area contributed by atoms with E-state index in [9.17, 15) is 14.7 Å². The minimum atomic E-state index is -1.25. The highest BCUT2D eigenvalue weighted by Gasteiger charge is 2.68. The van der Waals surface area contributed by atoms with Crippen LogP contribution in [-0.2, 0) is 10.3 Å². The lowest BCUT2D eigenvalue weighted by Crippen LogP contribution is -2.52. The number of nitrogens with two attached hydrogens (primary N) is 1. The summed E-state index contributed by atoms with van der Waals surface area (Å²) in [5.41, 5.74) is 8.43. The molecule has 0 aromatic heterocycles. The van der Waals surface area contributed by atoms with Gasteiger partial charge in [-0.1, -0.05) is 61.3 Å². The number of aliphatic imine (C=N–C) groups is 1. The summed E-state index contributed by atoms with van der Waals surface area (Å²) in [6.07, 6.45) is 1.26.